The van der Waals surface area contributed by atoms with Gasteiger partial charge in [-0.1, -0.05) is 18.2 Å². The average molecular weight is 1070 g/mol. The molecule has 2 aliphatic heterocycles. The summed E-state index contributed by atoms with van der Waals surface area (Å²) in [5, 5.41) is 23.4. The zero-order valence-electron chi connectivity index (χ0n) is 39.9. The van der Waals surface area contributed by atoms with E-state index in [1.807, 2.05) is 51.6 Å². The maximum absolute atomic E-state index is 15.6. The molecule has 1 atom stereocenters. The van der Waals surface area contributed by atoms with Gasteiger partial charge in [0.15, 0.2) is 0 Å². The fraction of sp³-hybridized carbons (Fsp3) is 0.327. The molecule has 388 valence electrons. The SMILES string of the molecule is CCn1c(C)c(C(=O)O)c(-c2cc(F)cc(N3CCN(c4ccc(NS(=O)(=O)c5ccc(N[C@H](CCN6CCC(O)CC6)CSc6ccccc6)c(S(=O)(=O)C(F)(F)F)c5)cc4)CC3)c2)c1-c1ccc(F)cc1. The second-order valence-corrected chi connectivity index (χ2v) is 22.7. The standard InChI is InChI=1S/C52H55F5N6O7S3/c1-3-63-34(2)48(51(65)66)49(50(63)35-9-11-37(53)12-10-35)36-29-38(54)31-42(30-36)62-27-25-61(26-28-62)41-15-13-39(14-16-41)59-73(69,70)45-17-18-46(47(32-45)72(67,68)52(55,56)57)58-40(33-71-44-7-5-4-6-8-44)19-22-60-23-20-43(64)21-24-60/h4-18,29-32,40,43,58-59,64H,3,19-28,33H2,1-2H3,(H,65,66)/t40-/m1/s1. The summed E-state index contributed by atoms with van der Waals surface area (Å²) in [4.78, 5) is 17.8. The molecule has 0 unspecified atom stereocenters. The fourth-order valence-corrected chi connectivity index (χ4v) is 12.5. The number of hydrogen-bond acceptors (Lipinski definition) is 11. The molecule has 2 saturated heterocycles. The van der Waals surface area contributed by atoms with E-state index in [1.54, 1.807) is 37.3 Å². The van der Waals surface area contributed by atoms with Crippen molar-refractivity contribution >= 4 is 60.3 Å². The van der Waals surface area contributed by atoms with Crippen LogP contribution in [0.15, 0.2) is 130 Å². The molecule has 13 nitrogen and oxygen atoms in total. The zero-order chi connectivity index (χ0) is 52.2. The number of aromatic carboxylic acids is 1. The van der Waals surface area contributed by atoms with Gasteiger partial charge in [0.1, 0.15) is 16.5 Å². The van der Waals surface area contributed by atoms with Crippen molar-refractivity contribution in [2.75, 3.05) is 71.4 Å². The topological polar surface area (TPSA) is 165 Å². The number of thioether (sulfide) groups is 1. The molecular weight excluding hydrogens is 1010 g/mol. The van der Waals surface area contributed by atoms with Crippen LogP contribution in [-0.4, -0.2) is 112 Å². The Morgan fingerprint density at radius 3 is 2.04 bits per heavy atom. The number of aromatic nitrogens is 1. The molecule has 0 saturated carbocycles. The van der Waals surface area contributed by atoms with E-state index in [1.165, 1.54) is 48.2 Å². The Hall–Kier alpha value is -6.13. The number of piperidine rings is 1. The number of benzene rings is 5. The van der Waals surface area contributed by atoms with Crippen molar-refractivity contribution in [2.45, 2.75) is 72.0 Å². The number of likely N-dealkylation sites (tertiary alicyclic amines) is 1. The lowest BCUT2D eigenvalue weighted by molar-refractivity contribution is -0.0436. The number of carbonyl (C=O) groups is 1. The number of aliphatic hydroxyl groups excluding tert-OH is 1. The van der Waals surface area contributed by atoms with Gasteiger partial charge in [-0.3, -0.25) is 4.72 Å². The van der Waals surface area contributed by atoms with Crippen LogP contribution in [0.4, 0.5) is 44.7 Å². The minimum atomic E-state index is -6.05. The maximum Gasteiger partial charge on any atom is 0.501 e. The molecule has 4 N–H and O–H groups in total. The second kappa shape index (κ2) is 22.1. The van der Waals surface area contributed by atoms with E-state index >= 15 is 4.39 Å². The minimum Gasteiger partial charge on any atom is -0.478 e. The highest BCUT2D eigenvalue weighted by Crippen LogP contribution is 2.42. The number of alkyl halides is 3. The van der Waals surface area contributed by atoms with Crippen molar-refractivity contribution in [1.82, 2.24) is 9.47 Å². The van der Waals surface area contributed by atoms with Crippen molar-refractivity contribution in [3.05, 3.63) is 138 Å². The highest BCUT2D eigenvalue weighted by Gasteiger charge is 2.48. The first-order valence-electron chi connectivity index (χ1n) is 23.7. The highest BCUT2D eigenvalue weighted by atomic mass is 32.2. The lowest BCUT2D eigenvalue weighted by Crippen LogP contribution is -2.46. The van der Waals surface area contributed by atoms with E-state index in [9.17, 15) is 49.4 Å². The fourth-order valence-electron chi connectivity index (χ4n) is 9.41. The second-order valence-electron chi connectivity index (χ2n) is 18.0. The zero-order valence-corrected chi connectivity index (χ0v) is 42.4. The van der Waals surface area contributed by atoms with Gasteiger partial charge in [-0.05, 0) is 141 Å². The summed E-state index contributed by atoms with van der Waals surface area (Å²) in [7, 11) is -10.7. The van der Waals surface area contributed by atoms with Gasteiger partial charge in [-0.15, -0.1) is 11.8 Å². The molecule has 3 heterocycles. The monoisotopic (exact) mass is 1070 g/mol. The van der Waals surface area contributed by atoms with Crippen LogP contribution < -0.4 is 19.8 Å². The first kappa shape index (κ1) is 53.2. The van der Waals surface area contributed by atoms with Gasteiger partial charge in [0, 0.05) is 97.4 Å². The summed E-state index contributed by atoms with van der Waals surface area (Å²) >= 11 is 1.43. The Morgan fingerprint density at radius 1 is 0.781 bits per heavy atom. The van der Waals surface area contributed by atoms with Crippen LogP contribution in [0.3, 0.4) is 0 Å². The number of piperazine rings is 1. The largest absolute Gasteiger partial charge is 0.501 e. The molecule has 2 fully saturated rings. The lowest BCUT2D eigenvalue weighted by atomic mass is 9.96. The van der Waals surface area contributed by atoms with Crippen LogP contribution in [0, 0.1) is 18.6 Å². The summed E-state index contributed by atoms with van der Waals surface area (Å²) in [5.74, 6) is -1.87. The third-order valence-corrected chi connectivity index (χ3v) is 17.3. The number of nitrogens with one attached hydrogen (secondary N) is 2. The third kappa shape index (κ3) is 12.1. The van der Waals surface area contributed by atoms with E-state index < -0.39 is 70.6 Å². The van der Waals surface area contributed by atoms with Crippen LogP contribution in [0.1, 0.15) is 42.2 Å². The molecule has 8 rings (SSSR count). The molecule has 1 aromatic heterocycles. The van der Waals surface area contributed by atoms with Crippen molar-refractivity contribution in [3.63, 3.8) is 0 Å². The molecular formula is C52H55F5N6O7S3. The maximum atomic E-state index is 15.6. The average Bonchev–Trinajstić information content (AvgIpc) is 3.67. The number of aliphatic hydroxyl groups is 1. The quantitative estimate of drug-likeness (QED) is 0.0477. The number of carboxylic acid groups (broad SMARTS) is 1. The first-order valence-corrected chi connectivity index (χ1v) is 27.6. The molecule has 2 aliphatic rings. The van der Waals surface area contributed by atoms with Crippen LogP contribution >= 0.6 is 11.8 Å². The van der Waals surface area contributed by atoms with Crippen LogP contribution in [0.5, 0.6) is 0 Å². The summed E-state index contributed by atoms with van der Waals surface area (Å²) in [6, 6.07) is 27.7. The van der Waals surface area contributed by atoms with E-state index in [-0.39, 0.29) is 11.3 Å². The van der Waals surface area contributed by atoms with E-state index in [4.69, 9.17) is 0 Å². The van der Waals surface area contributed by atoms with Gasteiger partial charge in [0.2, 0.25) is 0 Å². The Morgan fingerprint density at radius 2 is 1.42 bits per heavy atom. The molecule has 0 aliphatic carbocycles. The van der Waals surface area contributed by atoms with E-state index in [0.717, 1.165) is 17.0 Å². The Balaban J connectivity index is 0.974. The number of sulfonamides is 1. The van der Waals surface area contributed by atoms with Crippen LogP contribution in [0.2, 0.25) is 0 Å². The number of anilines is 4. The van der Waals surface area contributed by atoms with Crippen LogP contribution in [0.25, 0.3) is 22.4 Å². The molecule has 73 heavy (non-hydrogen) atoms. The first-order chi connectivity index (χ1) is 34.7. The number of hydrogen-bond donors (Lipinski definition) is 4. The molecule has 0 spiro atoms. The number of sulfone groups is 1. The number of rotatable bonds is 18. The van der Waals surface area contributed by atoms with Crippen LogP contribution in [-0.2, 0) is 26.4 Å². The Labute approximate surface area is 425 Å². The van der Waals surface area contributed by atoms with Crippen molar-refractivity contribution in [2.24, 2.45) is 0 Å². The molecule has 6 aromatic rings. The molecule has 0 amide bonds. The number of nitrogens with zero attached hydrogens (tertiary/aromatic N) is 4. The predicted molar refractivity (Wildman–Crippen MR) is 275 cm³/mol. The van der Waals surface area contributed by atoms with Gasteiger partial charge in [0.25, 0.3) is 19.9 Å². The lowest BCUT2D eigenvalue weighted by Gasteiger charge is -2.37. The van der Waals surface area contributed by atoms with Crippen molar-refractivity contribution in [1.29, 1.82) is 0 Å². The van der Waals surface area contributed by atoms with Gasteiger partial charge < -0.3 is 34.8 Å². The summed E-state index contributed by atoms with van der Waals surface area (Å²) in [6.07, 6.45) is 1.17. The normalized spacial score (nSPS) is 15.6. The van der Waals surface area contributed by atoms with Crippen molar-refractivity contribution in [3.8, 4) is 22.4 Å². The Bertz CT molecular complexity index is 3150. The minimum absolute atomic E-state index is 0.0128. The highest BCUT2D eigenvalue weighted by molar-refractivity contribution is 7.99. The molecule has 0 bridgehead atoms. The van der Waals surface area contributed by atoms with Crippen molar-refractivity contribution < 1.29 is 53.8 Å². The third-order valence-electron chi connectivity index (χ3n) is 13.2. The van der Waals surface area contributed by atoms with E-state index in [2.05, 4.69) is 14.9 Å². The number of carboxylic acids is 1. The Kier molecular flexibility index (Phi) is 16.1. The van der Waals surface area contributed by atoms with Gasteiger partial charge >= 0.3 is 11.5 Å². The van der Waals surface area contributed by atoms with Gasteiger partial charge in [-0.2, -0.15) is 13.2 Å². The molecule has 0 radical (unpaired) electrons. The summed E-state index contributed by atoms with van der Waals surface area (Å²) in [5.41, 5.74) is -2.61. The molecule has 21 heteroatoms. The van der Waals surface area contributed by atoms with E-state index in [0.29, 0.717) is 123 Å². The number of halogens is 5. The summed E-state index contributed by atoms with van der Waals surface area (Å²) < 4.78 is 130. The molecule has 5 aromatic carbocycles. The summed E-state index contributed by atoms with van der Waals surface area (Å²) in [6.45, 7) is 7.49. The van der Waals surface area contributed by atoms with Gasteiger partial charge in [0.05, 0.1) is 27.9 Å². The predicted octanol–water partition coefficient (Wildman–Crippen LogP) is 9.97. The smallest absolute Gasteiger partial charge is 0.478 e. The van der Waals surface area contributed by atoms with Gasteiger partial charge in [-0.25, -0.2) is 30.4 Å².